The van der Waals surface area contributed by atoms with Gasteiger partial charge in [-0.2, -0.15) is 0 Å². The molecule has 0 aliphatic carbocycles. The average molecular weight is 366 g/mol. The lowest BCUT2D eigenvalue weighted by Gasteiger charge is -2.19. The standard InChI is InChI=1S/C17H20ClN3O4/c1-12(22)15(16(23)21-9-4-2-3-5-10-21)20-25-17(24)19-14-8-6-7-13(18)11-14/h6-8,11H,2-5,9-10H2,1H3,(H,19,24)/b20-15+. The number of carbonyl (C=O) groups is 3. The molecule has 0 radical (unpaired) electrons. The fourth-order valence-electron chi connectivity index (χ4n) is 2.47. The SMILES string of the molecule is CC(=O)/C(=N\OC(=O)Nc1cccc(Cl)c1)C(=O)N1CCCCCC1. The smallest absolute Gasteiger partial charge is 0.337 e. The maximum Gasteiger partial charge on any atom is 0.437 e. The third-order valence-corrected chi connectivity index (χ3v) is 3.96. The average Bonchev–Trinajstić information content (AvgIpc) is 2.83. The third kappa shape index (κ3) is 5.86. The monoisotopic (exact) mass is 365 g/mol. The van der Waals surface area contributed by atoms with E-state index in [1.54, 1.807) is 23.1 Å². The number of anilines is 1. The van der Waals surface area contributed by atoms with Crippen LogP contribution in [-0.2, 0) is 14.4 Å². The molecule has 0 spiro atoms. The molecular weight excluding hydrogens is 346 g/mol. The van der Waals surface area contributed by atoms with Crippen LogP contribution in [0.5, 0.6) is 0 Å². The van der Waals surface area contributed by atoms with E-state index < -0.39 is 17.8 Å². The van der Waals surface area contributed by atoms with Gasteiger partial charge in [-0.3, -0.25) is 19.7 Å². The van der Waals surface area contributed by atoms with Crippen molar-refractivity contribution in [1.29, 1.82) is 0 Å². The van der Waals surface area contributed by atoms with Crippen molar-refractivity contribution < 1.29 is 19.2 Å². The summed E-state index contributed by atoms with van der Waals surface area (Å²) in [7, 11) is 0. The first-order chi connectivity index (χ1) is 12.0. The third-order valence-electron chi connectivity index (χ3n) is 3.72. The Morgan fingerprint density at radius 3 is 2.44 bits per heavy atom. The van der Waals surface area contributed by atoms with Gasteiger partial charge in [-0.1, -0.05) is 35.7 Å². The van der Waals surface area contributed by atoms with Crippen molar-refractivity contribution in [2.75, 3.05) is 18.4 Å². The molecular formula is C17H20ClN3O4. The van der Waals surface area contributed by atoms with Crippen LogP contribution in [0.15, 0.2) is 29.4 Å². The number of hydrogen-bond acceptors (Lipinski definition) is 5. The maximum absolute atomic E-state index is 12.5. The van der Waals surface area contributed by atoms with Gasteiger partial charge in [0.2, 0.25) is 5.71 Å². The minimum Gasteiger partial charge on any atom is -0.337 e. The summed E-state index contributed by atoms with van der Waals surface area (Å²) in [4.78, 5) is 42.2. The summed E-state index contributed by atoms with van der Waals surface area (Å²) in [6.45, 7) is 2.35. The van der Waals surface area contributed by atoms with E-state index in [2.05, 4.69) is 15.3 Å². The number of rotatable bonds is 4. The number of nitrogens with zero attached hydrogens (tertiary/aromatic N) is 2. The Kier molecular flexibility index (Phi) is 6.94. The number of halogens is 1. The highest BCUT2D eigenvalue weighted by atomic mass is 35.5. The number of hydrogen-bond donors (Lipinski definition) is 1. The van der Waals surface area contributed by atoms with Crippen molar-refractivity contribution >= 4 is 40.8 Å². The first kappa shape index (κ1) is 18.9. The van der Waals surface area contributed by atoms with Gasteiger partial charge in [-0.15, -0.1) is 0 Å². The molecule has 2 rings (SSSR count). The van der Waals surface area contributed by atoms with Crippen LogP contribution in [0.1, 0.15) is 32.6 Å². The van der Waals surface area contributed by atoms with Crippen LogP contribution in [-0.4, -0.2) is 41.5 Å². The number of amides is 2. The van der Waals surface area contributed by atoms with E-state index in [1.807, 2.05) is 0 Å². The molecule has 0 bridgehead atoms. The van der Waals surface area contributed by atoms with Gasteiger partial charge >= 0.3 is 6.09 Å². The number of nitrogens with one attached hydrogen (secondary N) is 1. The van der Waals surface area contributed by atoms with Crippen LogP contribution >= 0.6 is 11.6 Å². The van der Waals surface area contributed by atoms with Crippen LogP contribution in [0, 0.1) is 0 Å². The van der Waals surface area contributed by atoms with E-state index in [1.165, 1.54) is 13.0 Å². The summed E-state index contributed by atoms with van der Waals surface area (Å²) < 4.78 is 0. The fraction of sp³-hybridized carbons (Fsp3) is 0.412. The molecule has 7 nitrogen and oxygen atoms in total. The van der Waals surface area contributed by atoms with Crippen LogP contribution in [0.2, 0.25) is 5.02 Å². The predicted molar refractivity (Wildman–Crippen MR) is 94.7 cm³/mol. The van der Waals surface area contributed by atoms with Crippen molar-refractivity contribution in [3.8, 4) is 0 Å². The van der Waals surface area contributed by atoms with Crippen molar-refractivity contribution in [1.82, 2.24) is 4.90 Å². The zero-order valence-corrected chi connectivity index (χ0v) is 14.7. The Morgan fingerprint density at radius 1 is 1.16 bits per heavy atom. The first-order valence-electron chi connectivity index (χ1n) is 8.09. The highest BCUT2D eigenvalue weighted by Crippen LogP contribution is 2.15. The van der Waals surface area contributed by atoms with E-state index in [4.69, 9.17) is 11.6 Å². The van der Waals surface area contributed by atoms with Crippen molar-refractivity contribution in [3.63, 3.8) is 0 Å². The molecule has 1 aliphatic rings. The van der Waals surface area contributed by atoms with Crippen molar-refractivity contribution in [3.05, 3.63) is 29.3 Å². The topological polar surface area (TPSA) is 88.1 Å². The minimum absolute atomic E-state index is 0.386. The lowest BCUT2D eigenvalue weighted by Crippen LogP contribution is -2.40. The minimum atomic E-state index is -0.912. The maximum atomic E-state index is 12.5. The highest BCUT2D eigenvalue weighted by Gasteiger charge is 2.25. The van der Waals surface area contributed by atoms with Gasteiger partial charge in [0.05, 0.1) is 0 Å². The summed E-state index contributed by atoms with van der Waals surface area (Å²) in [6, 6.07) is 6.46. The second-order valence-corrected chi connectivity index (χ2v) is 6.15. The predicted octanol–water partition coefficient (Wildman–Crippen LogP) is 3.24. The molecule has 1 N–H and O–H groups in total. The van der Waals surface area contributed by atoms with E-state index in [0.717, 1.165) is 25.7 Å². The summed E-state index contributed by atoms with van der Waals surface area (Å²) >= 11 is 5.82. The molecule has 1 fully saturated rings. The quantitative estimate of drug-likeness (QED) is 0.384. The molecule has 8 heteroatoms. The van der Waals surface area contributed by atoms with Gasteiger partial charge in [0, 0.05) is 30.7 Å². The Labute approximate surface area is 151 Å². The molecule has 2 amide bonds. The lowest BCUT2D eigenvalue weighted by molar-refractivity contribution is -0.125. The zero-order chi connectivity index (χ0) is 18.2. The van der Waals surface area contributed by atoms with Gasteiger partial charge in [0.1, 0.15) is 0 Å². The number of Topliss-reactive ketones (excluding diaryl/α,β-unsaturated/α-hetero) is 1. The van der Waals surface area contributed by atoms with Crippen LogP contribution in [0.3, 0.4) is 0 Å². The van der Waals surface area contributed by atoms with Gasteiger partial charge in [-0.05, 0) is 31.0 Å². The molecule has 1 aliphatic heterocycles. The molecule has 0 saturated carbocycles. The molecule has 1 saturated heterocycles. The van der Waals surface area contributed by atoms with Gasteiger partial charge in [-0.25, -0.2) is 4.79 Å². The van der Waals surface area contributed by atoms with E-state index >= 15 is 0 Å². The molecule has 134 valence electrons. The molecule has 1 heterocycles. The molecule has 1 aromatic rings. The van der Waals surface area contributed by atoms with Crippen LogP contribution in [0.25, 0.3) is 0 Å². The van der Waals surface area contributed by atoms with E-state index in [0.29, 0.717) is 23.8 Å². The Morgan fingerprint density at radius 2 is 1.84 bits per heavy atom. The second-order valence-electron chi connectivity index (χ2n) is 5.72. The zero-order valence-electron chi connectivity index (χ0n) is 14.0. The fourth-order valence-corrected chi connectivity index (χ4v) is 2.66. The van der Waals surface area contributed by atoms with Gasteiger partial charge in [0.25, 0.3) is 5.91 Å². The van der Waals surface area contributed by atoms with E-state index in [9.17, 15) is 14.4 Å². The summed E-state index contributed by atoms with van der Waals surface area (Å²) in [6.07, 6.45) is 2.95. The Bertz CT molecular complexity index is 682. The number of likely N-dealkylation sites (tertiary alicyclic amines) is 1. The summed E-state index contributed by atoms with van der Waals surface area (Å²) in [5, 5.41) is 6.34. The highest BCUT2D eigenvalue weighted by molar-refractivity contribution is 6.65. The summed E-state index contributed by atoms with van der Waals surface area (Å²) in [5.41, 5.74) is 0.0269. The normalized spacial score (nSPS) is 15.3. The first-order valence-corrected chi connectivity index (χ1v) is 8.47. The van der Waals surface area contributed by atoms with Crippen molar-refractivity contribution in [2.24, 2.45) is 5.16 Å². The van der Waals surface area contributed by atoms with Crippen LogP contribution < -0.4 is 5.32 Å². The Hall–Kier alpha value is -2.41. The number of carbonyl (C=O) groups excluding carboxylic acids is 3. The van der Waals surface area contributed by atoms with Crippen molar-refractivity contribution in [2.45, 2.75) is 32.6 Å². The number of benzene rings is 1. The number of ketones is 1. The summed E-state index contributed by atoms with van der Waals surface area (Å²) in [5.74, 6) is -1.06. The molecule has 0 atom stereocenters. The second kappa shape index (κ2) is 9.17. The largest absolute Gasteiger partial charge is 0.437 e. The Balaban J connectivity index is 2.02. The lowest BCUT2D eigenvalue weighted by atomic mass is 10.2. The molecule has 25 heavy (non-hydrogen) atoms. The van der Waals surface area contributed by atoms with Gasteiger partial charge < -0.3 is 4.90 Å². The molecule has 0 unspecified atom stereocenters. The number of oxime groups is 1. The molecule has 0 aromatic heterocycles. The van der Waals surface area contributed by atoms with E-state index in [-0.39, 0.29) is 5.71 Å². The molecule has 1 aromatic carbocycles. The van der Waals surface area contributed by atoms with Crippen LogP contribution in [0.4, 0.5) is 10.5 Å². The van der Waals surface area contributed by atoms with Gasteiger partial charge in [0.15, 0.2) is 5.78 Å².